The van der Waals surface area contributed by atoms with Crippen LogP contribution in [0.15, 0.2) is 17.0 Å². The Labute approximate surface area is 125 Å². The Morgan fingerprint density at radius 3 is 2.29 bits per heavy atom. The van der Waals surface area contributed by atoms with Gasteiger partial charge in [0.05, 0.1) is 17.9 Å². The van der Waals surface area contributed by atoms with Crippen LogP contribution in [0, 0.1) is 13.8 Å². The van der Waals surface area contributed by atoms with Crippen LogP contribution in [0.25, 0.3) is 0 Å². The van der Waals surface area contributed by atoms with Crippen molar-refractivity contribution in [2.75, 3.05) is 25.9 Å². The highest BCUT2D eigenvalue weighted by Crippen LogP contribution is 2.25. The van der Waals surface area contributed by atoms with Crippen LogP contribution in [0.5, 0.6) is 0 Å². The molecule has 21 heavy (non-hydrogen) atoms. The number of nitrogen functional groups attached to an aromatic ring is 1. The molecule has 0 aromatic heterocycles. The Bertz CT molecular complexity index is 603. The molecular formula is C14H22N2O4S. The number of sulfonamides is 1. The maximum absolute atomic E-state index is 12.6. The third-order valence-corrected chi connectivity index (χ3v) is 5.25. The third-order valence-electron chi connectivity index (χ3n) is 3.09. The average molecular weight is 314 g/mol. The topological polar surface area (TPSA) is 89.7 Å². The average Bonchev–Trinajstić information content (AvgIpc) is 2.34. The number of anilines is 1. The highest BCUT2D eigenvalue weighted by Gasteiger charge is 2.25. The molecule has 2 N–H and O–H groups in total. The van der Waals surface area contributed by atoms with Gasteiger partial charge in [0.2, 0.25) is 10.0 Å². The molecule has 0 heterocycles. The van der Waals surface area contributed by atoms with Crippen LogP contribution in [0.2, 0.25) is 0 Å². The highest BCUT2D eigenvalue weighted by molar-refractivity contribution is 7.89. The smallest absolute Gasteiger partial charge is 0.307 e. The Kier molecular flexibility index (Phi) is 5.74. The van der Waals surface area contributed by atoms with Gasteiger partial charge < -0.3 is 10.5 Å². The number of benzene rings is 1. The summed E-state index contributed by atoms with van der Waals surface area (Å²) in [7, 11) is -2.21. The lowest BCUT2D eigenvalue weighted by atomic mass is 10.1. The number of nitrogens with zero attached hydrogens (tertiary/aromatic N) is 1. The lowest BCUT2D eigenvalue weighted by molar-refractivity contribution is -0.143. The van der Waals surface area contributed by atoms with Crippen LogP contribution < -0.4 is 5.73 Å². The normalized spacial score (nSPS) is 11.7. The van der Waals surface area contributed by atoms with E-state index in [-0.39, 0.29) is 24.5 Å². The first-order valence-electron chi connectivity index (χ1n) is 6.68. The fourth-order valence-corrected chi connectivity index (χ4v) is 3.72. The summed E-state index contributed by atoms with van der Waals surface area (Å²) in [5, 5.41) is 0. The quantitative estimate of drug-likeness (QED) is 0.634. The standard InChI is InChI=1S/C14H22N2O4S/c1-5-20-13(17)6-7-16(4)21(18,19)14-10(2)8-12(15)9-11(14)3/h8-9H,5-7,15H2,1-4H3. The lowest BCUT2D eigenvalue weighted by Gasteiger charge is -2.20. The first-order chi connectivity index (χ1) is 9.70. The Balaban J connectivity index is 2.98. The zero-order valence-electron chi connectivity index (χ0n) is 12.8. The van der Waals surface area contributed by atoms with Crippen molar-refractivity contribution in [3.63, 3.8) is 0 Å². The van der Waals surface area contributed by atoms with E-state index in [2.05, 4.69) is 0 Å². The van der Waals surface area contributed by atoms with E-state index >= 15 is 0 Å². The van der Waals surface area contributed by atoms with Gasteiger partial charge in [0, 0.05) is 19.3 Å². The van der Waals surface area contributed by atoms with E-state index in [0.29, 0.717) is 16.8 Å². The molecule has 1 rings (SSSR count). The molecule has 0 bridgehead atoms. The number of rotatable bonds is 6. The highest BCUT2D eigenvalue weighted by atomic mass is 32.2. The van der Waals surface area contributed by atoms with Crippen molar-refractivity contribution in [2.24, 2.45) is 0 Å². The van der Waals surface area contributed by atoms with Crippen molar-refractivity contribution in [3.8, 4) is 0 Å². The molecule has 0 aliphatic carbocycles. The molecule has 7 heteroatoms. The van der Waals surface area contributed by atoms with Crippen LogP contribution in [-0.4, -0.2) is 38.9 Å². The molecule has 0 spiro atoms. The summed E-state index contributed by atoms with van der Waals surface area (Å²) in [6.45, 7) is 5.47. The zero-order chi connectivity index (χ0) is 16.2. The summed E-state index contributed by atoms with van der Waals surface area (Å²) in [6, 6.07) is 3.25. The number of carbonyl (C=O) groups excluding carboxylic acids is 1. The van der Waals surface area contributed by atoms with E-state index < -0.39 is 16.0 Å². The van der Waals surface area contributed by atoms with Gasteiger partial charge in [-0.2, -0.15) is 0 Å². The van der Waals surface area contributed by atoms with Crippen molar-refractivity contribution < 1.29 is 17.9 Å². The predicted octanol–water partition coefficient (Wildman–Crippen LogP) is 1.46. The predicted molar refractivity (Wildman–Crippen MR) is 81.4 cm³/mol. The molecule has 0 unspecified atom stereocenters. The van der Waals surface area contributed by atoms with E-state index in [9.17, 15) is 13.2 Å². The monoisotopic (exact) mass is 314 g/mol. The molecule has 0 atom stereocenters. The second-order valence-electron chi connectivity index (χ2n) is 4.87. The zero-order valence-corrected chi connectivity index (χ0v) is 13.7. The van der Waals surface area contributed by atoms with Crippen molar-refractivity contribution in [1.29, 1.82) is 0 Å². The number of carbonyl (C=O) groups is 1. The summed E-state index contributed by atoms with van der Waals surface area (Å²) in [6.07, 6.45) is 0.0244. The van der Waals surface area contributed by atoms with Crippen LogP contribution in [0.1, 0.15) is 24.5 Å². The fraction of sp³-hybridized carbons (Fsp3) is 0.500. The number of aryl methyl sites for hydroxylation is 2. The van der Waals surface area contributed by atoms with Gasteiger partial charge in [-0.1, -0.05) is 0 Å². The van der Waals surface area contributed by atoms with Gasteiger partial charge >= 0.3 is 5.97 Å². The first kappa shape index (κ1) is 17.5. The Morgan fingerprint density at radius 1 is 1.29 bits per heavy atom. The van der Waals surface area contributed by atoms with Crippen molar-refractivity contribution in [1.82, 2.24) is 4.31 Å². The van der Waals surface area contributed by atoms with Gasteiger partial charge in [-0.15, -0.1) is 0 Å². The summed E-state index contributed by atoms with van der Waals surface area (Å²) < 4.78 is 31.1. The van der Waals surface area contributed by atoms with Gasteiger partial charge in [0.15, 0.2) is 0 Å². The number of nitrogens with two attached hydrogens (primary N) is 1. The van der Waals surface area contributed by atoms with Gasteiger partial charge in [-0.25, -0.2) is 12.7 Å². The SMILES string of the molecule is CCOC(=O)CCN(C)S(=O)(=O)c1c(C)cc(N)cc1C. The summed E-state index contributed by atoms with van der Waals surface area (Å²) in [5.74, 6) is -0.412. The van der Waals surface area contributed by atoms with Crippen LogP contribution in [-0.2, 0) is 19.6 Å². The second kappa shape index (κ2) is 6.91. The molecule has 6 nitrogen and oxygen atoms in total. The molecule has 118 valence electrons. The molecule has 0 saturated heterocycles. The number of hydrogen-bond donors (Lipinski definition) is 1. The van der Waals surface area contributed by atoms with Crippen molar-refractivity contribution in [3.05, 3.63) is 23.3 Å². The second-order valence-corrected chi connectivity index (χ2v) is 6.85. The van der Waals surface area contributed by atoms with Gasteiger partial charge in [0.25, 0.3) is 0 Å². The fourth-order valence-electron chi connectivity index (χ4n) is 2.15. The first-order valence-corrected chi connectivity index (χ1v) is 8.12. The maximum atomic E-state index is 12.6. The molecule has 0 saturated carbocycles. The Morgan fingerprint density at radius 2 is 1.81 bits per heavy atom. The lowest BCUT2D eigenvalue weighted by Crippen LogP contribution is -2.30. The van der Waals surface area contributed by atoms with Crippen LogP contribution in [0.3, 0.4) is 0 Å². The van der Waals surface area contributed by atoms with E-state index in [4.69, 9.17) is 10.5 Å². The van der Waals surface area contributed by atoms with E-state index in [1.165, 1.54) is 7.05 Å². The van der Waals surface area contributed by atoms with E-state index in [0.717, 1.165) is 4.31 Å². The summed E-state index contributed by atoms with van der Waals surface area (Å²) >= 11 is 0. The number of hydrogen-bond acceptors (Lipinski definition) is 5. The molecular weight excluding hydrogens is 292 g/mol. The number of ether oxygens (including phenoxy) is 1. The van der Waals surface area contributed by atoms with Gasteiger partial charge in [-0.3, -0.25) is 4.79 Å². The van der Waals surface area contributed by atoms with Crippen LogP contribution in [0.4, 0.5) is 5.69 Å². The van der Waals surface area contributed by atoms with Gasteiger partial charge in [0.1, 0.15) is 0 Å². The maximum Gasteiger partial charge on any atom is 0.307 e. The van der Waals surface area contributed by atoms with Crippen LogP contribution >= 0.6 is 0 Å². The third kappa shape index (κ3) is 4.18. The summed E-state index contributed by atoms with van der Waals surface area (Å²) in [5.41, 5.74) is 7.42. The minimum absolute atomic E-state index is 0.0244. The molecule has 0 radical (unpaired) electrons. The Hall–Kier alpha value is -1.60. The minimum Gasteiger partial charge on any atom is -0.466 e. The molecule has 0 aliphatic rings. The van der Waals surface area contributed by atoms with Crippen molar-refractivity contribution >= 4 is 21.7 Å². The van der Waals surface area contributed by atoms with E-state index in [1.807, 2.05) is 0 Å². The summed E-state index contributed by atoms with van der Waals surface area (Å²) in [4.78, 5) is 11.6. The molecule has 1 aromatic carbocycles. The molecule has 0 aliphatic heterocycles. The van der Waals surface area contributed by atoms with E-state index in [1.54, 1.807) is 32.9 Å². The molecule has 0 fully saturated rings. The number of esters is 1. The molecule has 0 amide bonds. The molecule has 1 aromatic rings. The largest absolute Gasteiger partial charge is 0.466 e. The van der Waals surface area contributed by atoms with Gasteiger partial charge in [-0.05, 0) is 44.0 Å². The van der Waals surface area contributed by atoms with Crippen molar-refractivity contribution in [2.45, 2.75) is 32.1 Å². The minimum atomic E-state index is -3.66.